The molecule has 2 aliphatic carbocycles. The highest BCUT2D eigenvalue weighted by Gasteiger charge is 2.69. The lowest BCUT2D eigenvalue weighted by molar-refractivity contribution is -0.246. The van der Waals surface area contributed by atoms with Gasteiger partial charge in [-0.1, -0.05) is 27.7 Å². The molecule has 1 aromatic rings. The van der Waals surface area contributed by atoms with E-state index in [1.54, 1.807) is 0 Å². The van der Waals surface area contributed by atoms with E-state index in [4.69, 9.17) is 9.47 Å². The van der Waals surface area contributed by atoms with E-state index in [-0.39, 0.29) is 29.8 Å². The average Bonchev–Trinajstić information content (AvgIpc) is 3.12. The molecular weight excluding hydrogens is 412 g/mol. The zero-order valence-electron chi connectivity index (χ0n) is 19.5. The molecule has 3 aliphatic rings. The number of carbonyl (C=O) groups is 2. The summed E-state index contributed by atoms with van der Waals surface area (Å²) in [6.45, 7) is 9.30. The van der Waals surface area contributed by atoms with Gasteiger partial charge in [-0.2, -0.15) is 0 Å². The van der Waals surface area contributed by atoms with Crippen LogP contribution in [-0.2, 0) is 22.6 Å². The zero-order valence-corrected chi connectivity index (χ0v) is 19.5. The second-order valence-corrected chi connectivity index (χ2v) is 10.8. The lowest BCUT2D eigenvalue weighted by atomic mass is 9.43. The summed E-state index contributed by atoms with van der Waals surface area (Å²) < 4.78 is 12.3. The van der Waals surface area contributed by atoms with Crippen molar-refractivity contribution in [3.8, 4) is 11.5 Å². The molecule has 6 atom stereocenters. The highest BCUT2D eigenvalue weighted by atomic mass is 16.6. The second kappa shape index (κ2) is 7.45. The largest absolute Gasteiger partial charge is 0.508 e. The Morgan fingerprint density at radius 3 is 2.59 bits per heavy atom. The molecular formula is C25H34O7. The number of hydrogen-bond acceptors (Lipinski definition) is 7. The zero-order chi connectivity index (χ0) is 23.6. The van der Waals surface area contributed by atoms with Gasteiger partial charge in [0.25, 0.3) is 0 Å². The van der Waals surface area contributed by atoms with Crippen molar-refractivity contribution in [2.24, 2.45) is 22.7 Å². The number of aromatic hydroxyl groups is 1. The number of rotatable bonds is 3. The third kappa shape index (κ3) is 2.93. The Morgan fingerprint density at radius 2 is 2.00 bits per heavy atom. The SMILES string of the molecule is CC(=O)O[C@@H]1[C@H](O)C[C@@]2(C)[C@@H](CC[C@@H](C)[C@]23Cc2c(O)cc(CO)c(C=O)c2O3)C1(C)C. The molecule has 3 N–H and O–H groups in total. The Bertz CT molecular complexity index is 954. The van der Waals surface area contributed by atoms with Gasteiger partial charge in [-0.3, -0.25) is 9.59 Å². The van der Waals surface area contributed by atoms with Crippen LogP contribution in [0, 0.1) is 22.7 Å². The molecule has 1 aromatic carbocycles. The van der Waals surface area contributed by atoms with Crippen molar-refractivity contribution in [3.05, 3.63) is 22.8 Å². The minimum absolute atomic E-state index is 0.0119. The first-order valence-electron chi connectivity index (χ1n) is 11.4. The Labute approximate surface area is 188 Å². The molecule has 176 valence electrons. The van der Waals surface area contributed by atoms with Gasteiger partial charge in [-0.05, 0) is 42.7 Å². The maximum atomic E-state index is 11.9. The number of aliphatic hydroxyl groups excluding tert-OH is 2. The van der Waals surface area contributed by atoms with E-state index in [1.165, 1.54) is 13.0 Å². The van der Waals surface area contributed by atoms with Crippen LogP contribution in [0.15, 0.2) is 6.07 Å². The Morgan fingerprint density at radius 1 is 1.31 bits per heavy atom. The quantitative estimate of drug-likeness (QED) is 0.483. The molecule has 0 radical (unpaired) electrons. The lowest BCUT2D eigenvalue weighted by Crippen LogP contribution is -2.69. The van der Waals surface area contributed by atoms with Gasteiger partial charge in [-0.15, -0.1) is 0 Å². The van der Waals surface area contributed by atoms with Crippen molar-refractivity contribution in [1.29, 1.82) is 0 Å². The minimum Gasteiger partial charge on any atom is -0.508 e. The van der Waals surface area contributed by atoms with E-state index in [0.717, 1.165) is 12.8 Å². The molecule has 0 saturated heterocycles. The van der Waals surface area contributed by atoms with E-state index in [1.807, 2.05) is 13.8 Å². The van der Waals surface area contributed by atoms with Gasteiger partial charge in [0.15, 0.2) is 6.29 Å². The van der Waals surface area contributed by atoms with Crippen molar-refractivity contribution in [2.75, 3.05) is 0 Å². The number of phenols is 1. The monoisotopic (exact) mass is 446 g/mol. The van der Waals surface area contributed by atoms with Crippen LogP contribution >= 0.6 is 0 Å². The number of carbonyl (C=O) groups excluding carboxylic acids is 2. The van der Waals surface area contributed by atoms with E-state index >= 15 is 0 Å². The van der Waals surface area contributed by atoms with Crippen LogP contribution < -0.4 is 4.74 Å². The van der Waals surface area contributed by atoms with E-state index < -0.39 is 34.6 Å². The number of fused-ring (bicyclic) bond motifs is 3. The molecule has 7 heteroatoms. The van der Waals surface area contributed by atoms with Crippen LogP contribution in [-0.4, -0.2) is 45.4 Å². The van der Waals surface area contributed by atoms with E-state index in [2.05, 4.69) is 13.8 Å². The molecule has 1 heterocycles. The van der Waals surface area contributed by atoms with Crippen LogP contribution in [0.3, 0.4) is 0 Å². The molecule has 7 nitrogen and oxygen atoms in total. The van der Waals surface area contributed by atoms with Gasteiger partial charge in [0, 0.05) is 29.7 Å². The highest BCUT2D eigenvalue weighted by Crippen LogP contribution is 2.67. The molecule has 0 bridgehead atoms. The summed E-state index contributed by atoms with van der Waals surface area (Å²) in [5.41, 5.74) is -0.584. The summed E-state index contributed by atoms with van der Waals surface area (Å²) >= 11 is 0. The molecule has 1 spiro atoms. The number of benzene rings is 1. The fourth-order valence-electron chi connectivity index (χ4n) is 7.36. The minimum atomic E-state index is -0.864. The van der Waals surface area contributed by atoms with Gasteiger partial charge in [0.05, 0.1) is 18.3 Å². The molecule has 1 aliphatic heterocycles. The van der Waals surface area contributed by atoms with Gasteiger partial charge in [-0.25, -0.2) is 0 Å². The smallest absolute Gasteiger partial charge is 0.303 e. The predicted molar refractivity (Wildman–Crippen MR) is 116 cm³/mol. The standard InChI is InChI=1S/C25H34O7/c1-13-6-7-20-23(3,4)22(31-14(2)28)19(30)10-24(20,5)25(13)9-16-18(29)8-15(11-26)17(12-27)21(16)32-25/h8,12-13,19-20,22,26,29-30H,6-7,9-11H2,1-5H3/t13-,19-,20+,22-,24+,25-/m1/s1. The summed E-state index contributed by atoms with van der Waals surface area (Å²) in [7, 11) is 0. The number of aliphatic hydroxyl groups is 2. The molecule has 0 aromatic heterocycles. The average molecular weight is 447 g/mol. The van der Waals surface area contributed by atoms with Gasteiger partial charge >= 0.3 is 5.97 Å². The first-order chi connectivity index (χ1) is 14.9. The maximum Gasteiger partial charge on any atom is 0.303 e. The van der Waals surface area contributed by atoms with E-state index in [0.29, 0.717) is 36.0 Å². The third-order valence-electron chi connectivity index (χ3n) is 8.82. The topological polar surface area (TPSA) is 113 Å². The van der Waals surface area contributed by atoms with Crippen LogP contribution in [0.5, 0.6) is 11.5 Å². The van der Waals surface area contributed by atoms with Crippen LogP contribution in [0.1, 0.15) is 75.4 Å². The summed E-state index contributed by atoms with van der Waals surface area (Å²) in [4.78, 5) is 23.7. The van der Waals surface area contributed by atoms with Crippen molar-refractivity contribution in [3.63, 3.8) is 0 Å². The summed E-state index contributed by atoms with van der Waals surface area (Å²) in [5.74, 6) is 0.115. The fourth-order valence-corrected chi connectivity index (χ4v) is 7.36. The van der Waals surface area contributed by atoms with Crippen LogP contribution in [0.4, 0.5) is 0 Å². The molecule has 0 amide bonds. The summed E-state index contributed by atoms with van der Waals surface area (Å²) in [5, 5.41) is 31.6. The van der Waals surface area contributed by atoms with Crippen molar-refractivity contribution < 1.29 is 34.4 Å². The third-order valence-corrected chi connectivity index (χ3v) is 8.82. The van der Waals surface area contributed by atoms with Gasteiger partial charge in [0.1, 0.15) is 23.2 Å². The second-order valence-electron chi connectivity index (χ2n) is 10.8. The molecule has 2 saturated carbocycles. The van der Waals surface area contributed by atoms with E-state index in [9.17, 15) is 24.9 Å². The fraction of sp³-hybridized carbons (Fsp3) is 0.680. The summed E-state index contributed by atoms with van der Waals surface area (Å²) in [6.07, 6.45) is 1.74. The first-order valence-corrected chi connectivity index (χ1v) is 11.4. The van der Waals surface area contributed by atoms with Crippen LogP contribution in [0.2, 0.25) is 0 Å². The normalized spacial score (nSPS) is 37.3. The highest BCUT2D eigenvalue weighted by molar-refractivity contribution is 5.84. The summed E-state index contributed by atoms with van der Waals surface area (Å²) in [6, 6.07) is 1.44. The number of esters is 1. The molecule has 0 unspecified atom stereocenters. The van der Waals surface area contributed by atoms with Crippen molar-refractivity contribution in [2.45, 2.75) is 84.7 Å². The number of phenolic OH excluding ortho intramolecular Hbond substituents is 1. The van der Waals surface area contributed by atoms with Crippen molar-refractivity contribution >= 4 is 12.3 Å². The maximum absolute atomic E-state index is 11.9. The Hall–Kier alpha value is -2.12. The first kappa shape index (κ1) is 23.1. The van der Waals surface area contributed by atoms with Gasteiger partial charge in [0.2, 0.25) is 0 Å². The molecule has 4 rings (SSSR count). The number of ether oxygens (including phenoxy) is 2. The lowest BCUT2D eigenvalue weighted by Gasteiger charge is -2.65. The number of aldehydes is 1. The van der Waals surface area contributed by atoms with Crippen LogP contribution in [0.25, 0.3) is 0 Å². The molecule has 32 heavy (non-hydrogen) atoms. The predicted octanol–water partition coefficient (Wildman–Crippen LogP) is 3.15. The Kier molecular flexibility index (Phi) is 5.37. The molecule has 2 fully saturated rings. The Balaban J connectivity index is 1.84. The number of hydrogen-bond donors (Lipinski definition) is 3. The van der Waals surface area contributed by atoms with Crippen molar-refractivity contribution in [1.82, 2.24) is 0 Å². The van der Waals surface area contributed by atoms with Gasteiger partial charge < -0.3 is 24.8 Å².